The van der Waals surface area contributed by atoms with Gasteiger partial charge < -0.3 is 86.4 Å². The van der Waals surface area contributed by atoms with Gasteiger partial charge in [-0.25, -0.2) is 19.2 Å². The van der Waals surface area contributed by atoms with Crippen molar-refractivity contribution in [1.82, 2.24) is 16.0 Å². The third-order valence-electron chi connectivity index (χ3n) is 23.0. The zero-order valence-corrected chi connectivity index (χ0v) is 88.8. The molecule has 24 nitrogen and oxygen atoms in total. The number of carbonyl (C=O) groups excluding carboxylic acids is 7. The predicted octanol–water partition coefficient (Wildman–Crippen LogP) is 28.3. The number of carbonyl (C=O) groups is 7. The average Bonchev–Trinajstić information content (AvgIpc) is 0.835. The topological polar surface area (TPSA) is 338 Å². The number of hydrogen-bond acceptors (Lipinski definition) is 22. The lowest BCUT2D eigenvalue weighted by molar-refractivity contribution is -0.152. The lowest BCUT2D eigenvalue weighted by Gasteiger charge is -2.30. The second-order valence-corrected chi connectivity index (χ2v) is 42.5. The smallest absolute Gasteiger partial charge is 0.460 e. The Labute approximate surface area is 865 Å². The van der Waals surface area contributed by atoms with Crippen LogP contribution in [0.3, 0.4) is 0 Å². The second-order valence-electron chi connectivity index (χ2n) is 38.6. The summed E-state index contributed by atoms with van der Waals surface area (Å²) >= 11 is 46.3. The van der Waals surface area contributed by atoms with Gasteiger partial charge in [0.1, 0.15) is 40.7 Å². The highest BCUT2D eigenvalue weighted by Crippen LogP contribution is 2.40. The number of benzene rings is 6. The Bertz CT molecular complexity index is 4550. The summed E-state index contributed by atoms with van der Waals surface area (Å²) < 4.78 is 41.9. The Morgan fingerprint density at radius 2 is 0.664 bits per heavy atom. The van der Waals surface area contributed by atoms with E-state index in [0.29, 0.717) is 102 Å². The van der Waals surface area contributed by atoms with E-state index in [9.17, 15) is 38.7 Å². The minimum Gasteiger partial charge on any atom is -0.460 e. The van der Waals surface area contributed by atoms with Crippen LogP contribution >= 0.6 is 110 Å². The molecule has 0 spiro atoms. The molecule has 0 aromatic heterocycles. The molecule has 6 aromatic carbocycles. The average molecular weight is 2130 g/mol. The Balaban J connectivity index is 0.000000441. The van der Waals surface area contributed by atoms with Crippen LogP contribution in [0.15, 0.2) is 127 Å². The number of halogens is 8. The van der Waals surface area contributed by atoms with E-state index < -0.39 is 46.9 Å². The van der Waals surface area contributed by atoms with E-state index in [2.05, 4.69) is 52.6 Å². The second kappa shape index (κ2) is 63.6. The number of aliphatic hydroxyl groups excluding tert-OH is 1. The van der Waals surface area contributed by atoms with Gasteiger partial charge in [-0.3, -0.25) is 14.4 Å². The number of nitrogens with one attached hydrogen (secondary N) is 6. The van der Waals surface area contributed by atoms with Gasteiger partial charge in [-0.15, -0.1) is 12.4 Å². The maximum absolute atomic E-state index is 13.0. The van der Waals surface area contributed by atoms with Crippen LogP contribution < -0.4 is 43.4 Å². The molecular weight excluding hydrogens is 1980 g/mol. The third kappa shape index (κ3) is 48.8. The summed E-state index contributed by atoms with van der Waals surface area (Å²) in [6, 6.07) is 38.6. The molecule has 5 saturated carbocycles. The van der Waals surface area contributed by atoms with Crippen molar-refractivity contribution < 1.29 is 78.0 Å². The summed E-state index contributed by atoms with van der Waals surface area (Å²) in [6.07, 6.45) is 26.1. The largest absolute Gasteiger partial charge is 0.519 e. The maximum Gasteiger partial charge on any atom is 0.519 e. The molecule has 6 aromatic rings. The molecule has 11 N–H and O–H groups in total. The number of rotatable bonds is 29. The van der Waals surface area contributed by atoms with Crippen molar-refractivity contribution in [3.8, 4) is 0 Å². The van der Waals surface area contributed by atoms with Crippen molar-refractivity contribution in [3.63, 3.8) is 0 Å². The Kier molecular flexibility index (Phi) is 56.6. The molecule has 5 fully saturated rings. The number of amides is 2. The first-order chi connectivity index (χ1) is 64.0. The van der Waals surface area contributed by atoms with Crippen molar-refractivity contribution in [2.45, 2.75) is 322 Å². The molecule has 0 saturated heterocycles. The van der Waals surface area contributed by atoms with Gasteiger partial charge in [0, 0.05) is 43.0 Å². The minimum absolute atomic E-state index is 0. The van der Waals surface area contributed by atoms with Crippen molar-refractivity contribution >= 4 is 192 Å². The van der Waals surface area contributed by atoms with Crippen LogP contribution in [0.25, 0.3) is 0 Å². The van der Waals surface area contributed by atoms with Crippen molar-refractivity contribution in [1.29, 1.82) is 0 Å². The van der Waals surface area contributed by atoms with Crippen LogP contribution in [0.2, 0.25) is 30.1 Å². The van der Waals surface area contributed by atoms with Gasteiger partial charge in [0.2, 0.25) is 0 Å². The molecule has 5 atom stereocenters. The first-order valence-electron chi connectivity index (χ1n) is 47.4. The molecule has 33 heteroatoms. The highest BCUT2D eigenvalue weighted by molar-refractivity contribution is 9.09. The Hall–Kier alpha value is -7.31. The maximum atomic E-state index is 13.0. The van der Waals surface area contributed by atoms with Gasteiger partial charge in [-0.1, -0.05) is 274 Å². The number of esters is 3. The first kappa shape index (κ1) is 122. The number of para-hydroxylation sites is 6. The molecule has 0 aliphatic heterocycles. The van der Waals surface area contributed by atoms with Crippen LogP contribution in [0.4, 0.5) is 53.3 Å². The number of nitrogens with two attached hydrogens (primary N) is 2. The van der Waals surface area contributed by atoms with E-state index in [1.165, 1.54) is 115 Å². The van der Waals surface area contributed by atoms with E-state index in [0.717, 1.165) is 85.1 Å². The fraction of sp³-hybridized carbons (Fsp3) is 0.577. The van der Waals surface area contributed by atoms with Crippen LogP contribution in [0.1, 0.15) is 269 Å². The fourth-order valence-electron chi connectivity index (χ4n) is 16.3. The van der Waals surface area contributed by atoms with E-state index >= 15 is 0 Å². The summed E-state index contributed by atoms with van der Waals surface area (Å²) in [5, 5.41) is 30.8. The summed E-state index contributed by atoms with van der Waals surface area (Å²) in [5.41, 5.74) is 16.8. The summed E-state index contributed by atoms with van der Waals surface area (Å²) in [6.45, 7) is 23.3. The number of thiocarbonyl (C=S) groups is 1. The van der Waals surface area contributed by atoms with Gasteiger partial charge in [0.05, 0.1) is 91.1 Å². The van der Waals surface area contributed by atoms with Crippen molar-refractivity contribution in [3.05, 3.63) is 174 Å². The van der Waals surface area contributed by atoms with Crippen LogP contribution in [-0.2, 0) is 71.5 Å². The summed E-state index contributed by atoms with van der Waals surface area (Å²) in [7, 11) is 0. The van der Waals surface area contributed by atoms with Gasteiger partial charge in [-0.2, -0.15) is 0 Å². The number of anilines is 6. The molecule has 0 radical (unpaired) electrons. The van der Waals surface area contributed by atoms with Gasteiger partial charge in [0.15, 0.2) is 0 Å². The number of alkyl carbamates (subject to hydrolysis) is 2. The third-order valence-corrected chi connectivity index (χ3v) is 26.1. The van der Waals surface area contributed by atoms with Crippen molar-refractivity contribution in [2.24, 2.45) is 41.1 Å². The van der Waals surface area contributed by atoms with Gasteiger partial charge in [0.25, 0.3) is 0 Å². The molecule has 5 unspecified atom stereocenters. The zero-order valence-electron chi connectivity index (χ0n) is 81.0. The molecule has 0 bridgehead atoms. The normalized spacial score (nSPS) is 16.0. The molecule has 2 amide bonds. The van der Waals surface area contributed by atoms with Gasteiger partial charge >= 0.3 is 42.4 Å². The van der Waals surface area contributed by atoms with Crippen LogP contribution in [-0.4, -0.2) is 137 Å². The summed E-state index contributed by atoms with van der Waals surface area (Å²) in [4.78, 5) is 84.5. The summed E-state index contributed by atoms with van der Waals surface area (Å²) in [5.74, 6) is 1.27. The molecular formula is C104H152BrCl7N8O16S. The zero-order chi connectivity index (χ0) is 99.3. The monoisotopic (exact) mass is 2120 g/mol. The lowest BCUT2D eigenvalue weighted by atomic mass is 9.85. The van der Waals surface area contributed by atoms with E-state index in [4.69, 9.17) is 126 Å². The first-order valence-corrected chi connectivity index (χ1v) is 51.1. The number of alkyl halides is 1. The Morgan fingerprint density at radius 3 is 0.956 bits per heavy atom. The Morgan fingerprint density at radius 1 is 0.394 bits per heavy atom. The van der Waals surface area contributed by atoms with Crippen LogP contribution in [0.5, 0.6) is 0 Å². The number of aliphatic hydroxyl groups is 1. The minimum atomic E-state index is -1.06. The van der Waals surface area contributed by atoms with E-state index in [1.54, 1.807) is 96.1 Å². The highest BCUT2D eigenvalue weighted by atomic mass is 79.9. The molecule has 11 rings (SSSR count). The number of ether oxygens (including phenoxy) is 8. The number of hydrogen-bond donors (Lipinski definition) is 9. The molecule has 5 aliphatic rings. The van der Waals surface area contributed by atoms with Crippen molar-refractivity contribution in [2.75, 3.05) is 48.7 Å². The van der Waals surface area contributed by atoms with E-state index in [1.807, 2.05) is 114 Å². The molecule has 5 aliphatic carbocycles. The molecule has 137 heavy (non-hydrogen) atoms. The standard InChI is InChI=1S/C27H34Cl2N2O4.C23H26Cl2N2O2S.C22H26Cl2N2O2.C13H24BrNO2.C10H18O5.C8H17NO.CH4.ClH.H2/c1-27(2,3)35-26(33)30-17-23(18-10-5-4-6-11-18)34-24(32)16-19-12-7-8-15-22(19)31-25-20(28)13-9-14-21(25)29;24-18-10-6-11-19(25)23(18)27-20-12-5-4-9-17(20)13-22(28)29-21(14-26-15-30)16-7-2-1-3-8-16;23-17-10-6-11-18(24)22(17)26-19-12-5-4-9-16(19)13-21(27)28-20(14-25)15-7-2-1-3-8-15;1-13(2,3)17-12(16)15-9-11(14)10-7-5-4-6-8-10;1-9(2,3)14-7(11)13-8(12)15-10(4,5)6;9-6-8(10)7-4-2-1-3-5-7;;;/h7-9,12-15,18,23,31H,4-6,10-11,16-17H2,1-3H3,(H,30,33);4-6,9-12,15-16,21,27H,1-3,7-8,13-14H2,(H,26,30);4-6,9-12,15,20,26H,1-3,7-8,13-14,25H2;10-11H,4-9H2,1-3H3,(H,15,16);1-6H3;7-8,10H,1-6,9H2;1H4;2*1H. The quantitative estimate of drug-likeness (QED) is 0.00692. The van der Waals surface area contributed by atoms with E-state index in [-0.39, 0.29) is 95.3 Å². The lowest BCUT2D eigenvalue weighted by Crippen LogP contribution is -2.42. The molecule has 766 valence electrons. The van der Waals surface area contributed by atoms with Gasteiger partial charge in [-0.05, 0) is 248 Å². The SMILES string of the molecule is C.CC(C)(C)OC(=O)NCC(Br)C1CCCCC1.CC(C)(C)OC(=O)NCC(OC(=O)Cc1ccccc1Nc1c(Cl)cccc1Cl)C1CCCCC1.CC(C)(C)OC(=O)OC(=O)OC(C)(C)C.Cl.NCC(O)C1CCCCC1.NCC(OC(=O)Cc1ccccc1Nc1c(Cl)cccc1Cl)C1CCCCC1.O=C(Cc1ccccc1Nc1c(Cl)cccc1Cl)OC(CNC=S)C1CCCCC1.[HH]. The predicted molar refractivity (Wildman–Crippen MR) is 569 cm³/mol. The molecule has 0 heterocycles. The van der Waals surface area contributed by atoms with Crippen LogP contribution in [0, 0.1) is 29.6 Å². The highest BCUT2D eigenvalue weighted by Gasteiger charge is 2.33. The fourth-order valence-corrected chi connectivity index (χ4v) is 18.6.